The quantitative estimate of drug-likeness (QED) is 0.860. The van der Waals surface area contributed by atoms with Gasteiger partial charge in [0, 0.05) is 10.9 Å². The summed E-state index contributed by atoms with van der Waals surface area (Å²) in [6, 6.07) is 3.46. The minimum absolute atomic E-state index is 0.0865. The van der Waals surface area contributed by atoms with Gasteiger partial charge in [-0.15, -0.1) is 0 Å². The molecule has 20 heavy (non-hydrogen) atoms. The Balaban J connectivity index is 2.81. The molecule has 0 bridgehead atoms. The van der Waals surface area contributed by atoms with E-state index >= 15 is 0 Å². The van der Waals surface area contributed by atoms with Crippen LogP contribution in [0.5, 0.6) is 0 Å². The second-order valence-electron chi connectivity index (χ2n) is 5.37. The lowest BCUT2D eigenvalue weighted by molar-refractivity contribution is -0.153. The molecule has 1 unspecified atom stereocenters. The highest BCUT2D eigenvalue weighted by Crippen LogP contribution is 2.31. The van der Waals surface area contributed by atoms with Gasteiger partial charge in [-0.25, -0.2) is 4.98 Å². The number of hydrogen-bond acceptors (Lipinski definition) is 3. The van der Waals surface area contributed by atoms with Gasteiger partial charge in [-0.05, 0) is 47.8 Å². The third kappa shape index (κ3) is 3.79. The normalized spacial score (nSPS) is 13.9. The molecule has 1 aromatic rings. The summed E-state index contributed by atoms with van der Waals surface area (Å²) in [6.07, 6.45) is -0.0865. The molecule has 0 aliphatic heterocycles. The van der Waals surface area contributed by atoms with Gasteiger partial charge in [0.15, 0.2) is 0 Å². The number of nitrogens with zero attached hydrogens (tertiary/aromatic N) is 1. The van der Waals surface area contributed by atoms with Crippen LogP contribution < -0.4 is 5.32 Å². The van der Waals surface area contributed by atoms with Crippen LogP contribution in [0, 0.1) is 18.3 Å². The molecule has 1 rings (SSSR count). The molecule has 0 radical (unpaired) electrons. The summed E-state index contributed by atoms with van der Waals surface area (Å²) in [5.74, 6) is -1.04. The zero-order valence-electron chi connectivity index (χ0n) is 12.0. The molecule has 0 spiro atoms. The summed E-state index contributed by atoms with van der Waals surface area (Å²) in [4.78, 5) is 27.6. The topological polar surface area (TPSA) is 79.3 Å². The maximum atomic E-state index is 12.0. The Morgan fingerprint density at radius 3 is 2.50 bits per heavy atom. The Bertz CT molecular complexity index is 531. The maximum Gasteiger partial charge on any atom is 0.310 e. The van der Waals surface area contributed by atoms with Crippen molar-refractivity contribution in [3.63, 3.8) is 0 Å². The lowest BCUT2D eigenvalue weighted by atomic mass is 9.76. The van der Waals surface area contributed by atoms with Crippen LogP contribution in [0.15, 0.2) is 16.6 Å². The second kappa shape index (κ2) is 6.35. The number of hydrogen-bond donors (Lipinski definition) is 2. The number of rotatable bonds is 5. The Kier molecular flexibility index (Phi) is 5.28. The first-order valence-corrected chi connectivity index (χ1v) is 7.12. The predicted octanol–water partition coefficient (Wildman–Crippen LogP) is 3.23. The van der Waals surface area contributed by atoms with Gasteiger partial charge in [0.1, 0.15) is 5.82 Å². The highest BCUT2D eigenvalue weighted by atomic mass is 79.9. The number of aryl methyl sites for hydroxylation is 1. The standard InChI is InChI=1S/C14H19BrN2O3/c1-8(2)14(4,13(19)20)7-12(18)17-11-6-5-10(15)9(3)16-11/h5-6,8H,7H2,1-4H3,(H,19,20)(H,16,17,18). The van der Waals surface area contributed by atoms with E-state index in [4.69, 9.17) is 0 Å². The SMILES string of the molecule is Cc1nc(NC(=O)CC(C)(C(=O)O)C(C)C)ccc1Br. The molecule has 1 atom stereocenters. The molecule has 6 heteroatoms. The molecule has 2 N–H and O–H groups in total. The van der Waals surface area contributed by atoms with Crippen molar-refractivity contribution in [1.82, 2.24) is 4.98 Å². The van der Waals surface area contributed by atoms with E-state index in [1.165, 1.54) is 0 Å². The molecule has 0 fully saturated rings. The van der Waals surface area contributed by atoms with Crippen LogP contribution in [-0.2, 0) is 9.59 Å². The third-order valence-electron chi connectivity index (χ3n) is 3.58. The molecule has 1 amide bonds. The van der Waals surface area contributed by atoms with Crippen LogP contribution in [0.1, 0.15) is 32.9 Å². The fourth-order valence-electron chi connectivity index (χ4n) is 1.66. The van der Waals surface area contributed by atoms with E-state index in [2.05, 4.69) is 26.2 Å². The van der Waals surface area contributed by atoms with Crippen molar-refractivity contribution in [2.24, 2.45) is 11.3 Å². The van der Waals surface area contributed by atoms with Crippen LogP contribution in [-0.4, -0.2) is 22.0 Å². The summed E-state index contributed by atoms with van der Waals surface area (Å²) in [5, 5.41) is 11.9. The van der Waals surface area contributed by atoms with Crippen LogP contribution in [0.4, 0.5) is 5.82 Å². The van der Waals surface area contributed by atoms with E-state index in [-0.39, 0.29) is 18.2 Å². The Hall–Kier alpha value is -1.43. The average Bonchev–Trinajstić information content (AvgIpc) is 2.33. The Labute approximate surface area is 126 Å². The van der Waals surface area contributed by atoms with E-state index in [0.717, 1.165) is 10.2 Å². The number of aromatic nitrogens is 1. The third-order valence-corrected chi connectivity index (χ3v) is 4.42. The largest absolute Gasteiger partial charge is 0.481 e. The molecule has 0 saturated heterocycles. The van der Waals surface area contributed by atoms with Crippen LogP contribution >= 0.6 is 15.9 Å². The number of halogens is 1. The fraction of sp³-hybridized carbons (Fsp3) is 0.500. The van der Waals surface area contributed by atoms with E-state index < -0.39 is 11.4 Å². The van der Waals surface area contributed by atoms with Crippen molar-refractivity contribution < 1.29 is 14.7 Å². The maximum absolute atomic E-state index is 12.0. The van der Waals surface area contributed by atoms with E-state index in [9.17, 15) is 14.7 Å². The van der Waals surface area contributed by atoms with Gasteiger partial charge in [-0.2, -0.15) is 0 Å². The molecule has 0 aliphatic carbocycles. The molecular formula is C14H19BrN2O3. The van der Waals surface area contributed by atoms with Crippen molar-refractivity contribution in [1.29, 1.82) is 0 Å². The minimum Gasteiger partial charge on any atom is -0.481 e. The highest BCUT2D eigenvalue weighted by molar-refractivity contribution is 9.10. The number of pyridine rings is 1. The predicted molar refractivity (Wildman–Crippen MR) is 80.5 cm³/mol. The molecule has 110 valence electrons. The summed E-state index contributed by atoms with van der Waals surface area (Å²) in [6.45, 7) is 6.99. The van der Waals surface area contributed by atoms with Gasteiger partial charge < -0.3 is 10.4 Å². The van der Waals surface area contributed by atoms with Crippen molar-refractivity contribution in [2.75, 3.05) is 5.32 Å². The van der Waals surface area contributed by atoms with Crippen LogP contribution in [0.25, 0.3) is 0 Å². The van der Waals surface area contributed by atoms with Crippen LogP contribution in [0.2, 0.25) is 0 Å². The van der Waals surface area contributed by atoms with Gasteiger partial charge in [0.25, 0.3) is 0 Å². The summed E-state index contributed by atoms with van der Waals surface area (Å²) < 4.78 is 0.855. The van der Waals surface area contributed by atoms with Crippen molar-refractivity contribution in [2.45, 2.75) is 34.1 Å². The average molecular weight is 343 g/mol. The van der Waals surface area contributed by atoms with Crippen molar-refractivity contribution >= 4 is 33.6 Å². The number of carboxylic acids is 1. The van der Waals surface area contributed by atoms with Crippen molar-refractivity contribution in [3.8, 4) is 0 Å². The van der Waals surface area contributed by atoms with Crippen molar-refractivity contribution in [3.05, 3.63) is 22.3 Å². The lowest BCUT2D eigenvalue weighted by Gasteiger charge is -2.28. The molecule has 5 nitrogen and oxygen atoms in total. The second-order valence-corrected chi connectivity index (χ2v) is 6.22. The molecule has 0 aromatic carbocycles. The van der Waals surface area contributed by atoms with Crippen LogP contribution in [0.3, 0.4) is 0 Å². The van der Waals surface area contributed by atoms with Gasteiger partial charge >= 0.3 is 5.97 Å². The van der Waals surface area contributed by atoms with Gasteiger partial charge in [-0.3, -0.25) is 9.59 Å². The van der Waals surface area contributed by atoms with Gasteiger partial charge in [-0.1, -0.05) is 13.8 Å². The first-order chi connectivity index (χ1) is 9.16. The van der Waals surface area contributed by atoms with Gasteiger partial charge in [0.2, 0.25) is 5.91 Å². The summed E-state index contributed by atoms with van der Waals surface area (Å²) >= 11 is 3.33. The summed E-state index contributed by atoms with van der Waals surface area (Å²) in [5.41, 5.74) is -0.332. The smallest absolute Gasteiger partial charge is 0.310 e. The zero-order valence-corrected chi connectivity index (χ0v) is 13.6. The monoisotopic (exact) mass is 342 g/mol. The van der Waals surface area contributed by atoms with E-state index in [0.29, 0.717) is 5.82 Å². The molecule has 0 aliphatic rings. The Morgan fingerprint density at radius 2 is 2.05 bits per heavy atom. The van der Waals surface area contributed by atoms with E-state index in [1.54, 1.807) is 32.9 Å². The first kappa shape index (κ1) is 16.6. The number of amides is 1. The molecule has 0 saturated carbocycles. The number of aliphatic carboxylic acids is 1. The molecule has 1 aromatic heterocycles. The lowest BCUT2D eigenvalue weighted by Crippen LogP contribution is -2.37. The number of carbonyl (C=O) groups excluding carboxylic acids is 1. The molecule has 1 heterocycles. The number of nitrogens with one attached hydrogen (secondary N) is 1. The van der Waals surface area contributed by atoms with Gasteiger partial charge in [0.05, 0.1) is 11.1 Å². The number of carboxylic acid groups (broad SMARTS) is 1. The Morgan fingerprint density at radius 1 is 1.45 bits per heavy atom. The zero-order chi connectivity index (χ0) is 15.5. The number of anilines is 1. The number of carbonyl (C=O) groups is 2. The van der Waals surface area contributed by atoms with E-state index in [1.807, 2.05) is 6.92 Å². The first-order valence-electron chi connectivity index (χ1n) is 6.33. The highest BCUT2D eigenvalue weighted by Gasteiger charge is 2.38. The fourth-order valence-corrected chi connectivity index (χ4v) is 1.88. The summed E-state index contributed by atoms with van der Waals surface area (Å²) in [7, 11) is 0. The minimum atomic E-state index is -1.09. The molecular weight excluding hydrogens is 324 g/mol.